The molecule has 0 aliphatic heterocycles. The number of aromatic nitrogens is 2. The quantitative estimate of drug-likeness (QED) is 0.604. The van der Waals surface area contributed by atoms with Crippen molar-refractivity contribution in [3.05, 3.63) is 12.4 Å². The van der Waals surface area contributed by atoms with E-state index in [0.717, 1.165) is 10.9 Å². The Labute approximate surface area is 58.1 Å². The van der Waals surface area contributed by atoms with Crippen molar-refractivity contribution < 1.29 is 0 Å². The lowest BCUT2D eigenvalue weighted by Gasteiger charge is -1.90. The average Bonchev–Trinajstić information content (AvgIpc) is 2.34. The van der Waals surface area contributed by atoms with Gasteiger partial charge in [0.1, 0.15) is 0 Å². The summed E-state index contributed by atoms with van der Waals surface area (Å²) in [6, 6.07) is 0. The van der Waals surface area contributed by atoms with E-state index in [9.17, 15) is 0 Å². The second kappa shape index (κ2) is 3.53. The fourth-order valence-corrected chi connectivity index (χ4v) is 1.08. The van der Waals surface area contributed by atoms with Crippen LogP contribution in [0.4, 0.5) is 0 Å². The van der Waals surface area contributed by atoms with E-state index < -0.39 is 0 Å². The molecule has 0 aliphatic rings. The maximum absolute atomic E-state index is 5.28. The van der Waals surface area contributed by atoms with E-state index in [2.05, 4.69) is 9.97 Å². The van der Waals surface area contributed by atoms with E-state index in [1.165, 1.54) is 0 Å². The topological polar surface area (TPSA) is 54.7 Å². The zero-order chi connectivity index (χ0) is 6.53. The Kier molecular flexibility index (Phi) is 2.60. The molecule has 1 heterocycles. The molecular weight excluding hydrogens is 134 g/mol. The maximum atomic E-state index is 5.28. The highest BCUT2D eigenvalue weighted by Gasteiger charge is 1.90. The number of thioether (sulfide) groups is 1. The van der Waals surface area contributed by atoms with Crippen LogP contribution in [0.15, 0.2) is 17.6 Å². The van der Waals surface area contributed by atoms with Crippen LogP contribution in [-0.2, 0) is 0 Å². The molecule has 0 amide bonds. The van der Waals surface area contributed by atoms with Crippen LogP contribution in [-0.4, -0.2) is 22.3 Å². The number of hydrogen-bond donors (Lipinski definition) is 2. The number of hydrogen-bond acceptors (Lipinski definition) is 3. The van der Waals surface area contributed by atoms with Crippen molar-refractivity contribution in [2.24, 2.45) is 5.73 Å². The van der Waals surface area contributed by atoms with Gasteiger partial charge in [0.2, 0.25) is 0 Å². The van der Waals surface area contributed by atoms with Gasteiger partial charge in [-0.25, -0.2) is 4.98 Å². The zero-order valence-electron chi connectivity index (χ0n) is 5.00. The Bertz CT molecular complexity index is 149. The van der Waals surface area contributed by atoms with Crippen LogP contribution in [0.25, 0.3) is 0 Å². The summed E-state index contributed by atoms with van der Waals surface area (Å²) < 4.78 is 0. The van der Waals surface area contributed by atoms with Gasteiger partial charge in [0.05, 0.1) is 0 Å². The molecular formula is C5H9N3S. The van der Waals surface area contributed by atoms with Gasteiger partial charge in [-0.15, -0.1) is 0 Å². The minimum Gasteiger partial charge on any atom is -0.340 e. The van der Waals surface area contributed by atoms with Crippen molar-refractivity contribution in [1.82, 2.24) is 9.97 Å². The number of aromatic amines is 1. The third-order valence-corrected chi connectivity index (χ3v) is 1.77. The lowest BCUT2D eigenvalue weighted by molar-refractivity contribution is 1.05. The summed E-state index contributed by atoms with van der Waals surface area (Å²) in [4.78, 5) is 6.97. The third kappa shape index (κ3) is 2.07. The molecule has 0 saturated heterocycles. The van der Waals surface area contributed by atoms with Crippen LogP contribution < -0.4 is 5.73 Å². The number of imidazole rings is 1. The molecule has 0 aromatic carbocycles. The van der Waals surface area contributed by atoms with E-state index >= 15 is 0 Å². The van der Waals surface area contributed by atoms with Crippen LogP contribution >= 0.6 is 11.8 Å². The van der Waals surface area contributed by atoms with Crippen LogP contribution in [0.1, 0.15) is 0 Å². The zero-order valence-corrected chi connectivity index (χ0v) is 5.82. The van der Waals surface area contributed by atoms with Crippen molar-refractivity contribution >= 4 is 11.8 Å². The van der Waals surface area contributed by atoms with Crippen molar-refractivity contribution in [2.45, 2.75) is 5.16 Å². The average molecular weight is 143 g/mol. The van der Waals surface area contributed by atoms with Gasteiger partial charge < -0.3 is 10.7 Å². The highest BCUT2D eigenvalue weighted by molar-refractivity contribution is 7.99. The van der Waals surface area contributed by atoms with Gasteiger partial charge >= 0.3 is 0 Å². The fourth-order valence-electron chi connectivity index (χ4n) is 0.485. The van der Waals surface area contributed by atoms with Gasteiger partial charge in [-0.05, 0) is 0 Å². The van der Waals surface area contributed by atoms with E-state index in [4.69, 9.17) is 5.73 Å². The Hall–Kier alpha value is -0.480. The van der Waals surface area contributed by atoms with Crippen LogP contribution in [0.2, 0.25) is 0 Å². The monoisotopic (exact) mass is 143 g/mol. The smallest absolute Gasteiger partial charge is 0.165 e. The fraction of sp³-hybridized carbons (Fsp3) is 0.400. The van der Waals surface area contributed by atoms with Crippen molar-refractivity contribution in [1.29, 1.82) is 0 Å². The van der Waals surface area contributed by atoms with Gasteiger partial charge in [0, 0.05) is 24.7 Å². The Morgan fingerprint density at radius 1 is 1.78 bits per heavy atom. The van der Waals surface area contributed by atoms with Gasteiger partial charge in [0.15, 0.2) is 5.16 Å². The van der Waals surface area contributed by atoms with Gasteiger partial charge in [0.25, 0.3) is 0 Å². The molecule has 9 heavy (non-hydrogen) atoms. The molecule has 0 aliphatic carbocycles. The Morgan fingerprint density at radius 3 is 3.22 bits per heavy atom. The number of H-pyrrole nitrogens is 1. The molecule has 0 fully saturated rings. The predicted octanol–water partition coefficient (Wildman–Crippen LogP) is 0.461. The molecule has 4 heteroatoms. The van der Waals surface area contributed by atoms with Crippen LogP contribution in [0, 0.1) is 0 Å². The van der Waals surface area contributed by atoms with Gasteiger partial charge in [-0.1, -0.05) is 11.8 Å². The highest BCUT2D eigenvalue weighted by Crippen LogP contribution is 2.08. The number of nitrogens with zero attached hydrogens (tertiary/aromatic N) is 1. The molecule has 0 bridgehead atoms. The lowest BCUT2D eigenvalue weighted by atomic mass is 10.8. The molecule has 0 radical (unpaired) electrons. The summed E-state index contributed by atoms with van der Waals surface area (Å²) >= 11 is 1.64. The largest absolute Gasteiger partial charge is 0.340 e. The van der Waals surface area contributed by atoms with E-state index in [1.807, 2.05) is 0 Å². The summed E-state index contributed by atoms with van der Waals surface area (Å²) in [6.45, 7) is 0.700. The van der Waals surface area contributed by atoms with Gasteiger partial charge in [-0.2, -0.15) is 0 Å². The lowest BCUT2D eigenvalue weighted by Crippen LogP contribution is -2.00. The third-order valence-electron chi connectivity index (χ3n) is 0.830. The van der Waals surface area contributed by atoms with Gasteiger partial charge in [-0.3, -0.25) is 0 Å². The molecule has 3 nitrogen and oxygen atoms in total. The molecule has 1 aromatic rings. The molecule has 0 unspecified atom stereocenters. The first-order valence-corrected chi connectivity index (χ1v) is 3.74. The van der Waals surface area contributed by atoms with Crippen LogP contribution in [0.5, 0.6) is 0 Å². The summed E-state index contributed by atoms with van der Waals surface area (Å²) in [5.41, 5.74) is 5.28. The number of nitrogens with one attached hydrogen (secondary N) is 1. The standard InChI is InChI=1S/C5H9N3S/c6-1-4-9-5-7-2-3-8-5/h2-3H,1,4,6H2,(H,7,8). The van der Waals surface area contributed by atoms with E-state index in [-0.39, 0.29) is 0 Å². The molecule has 0 atom stereocenters. The second-order valence-corrected chi connectivity index (χ2v) is 2.62. The first kappa shape index (κ1) is 6.64. The summed E-state index contributed by atoms with van der Waals surface area (Å²) in [5, 5.41) is 0.945. The van der Waals surface area contributed by atoms with Crippen LogP contribution in [0.3, 0.4) is 0 Å². The molecule has 50 valence electrons. The minimum atomic E-state index is 0.700. The SMILES string of the molecule is NCCSc1ncc[nH]1. The Balaban J connectivity index is 2.30. The predicted molar refractivity (Wildman–Crippen MR) is 38.4 cm³/mol. The van der Waals surface area contributed by atoms with Crippen molar-refractivity contribution in [2.75, 3.05) is 12.3 Å². The molecule has 0 spiro atoms. The highest BCUT2D eigenvalue weighted by atomic mass is 32.2. The summed E-state index contributed by atoms with van der Waals surface area (Å²) in [6.07, 6.45) is 3.54. The second-order valence-electron chi connectivity index (χ2n) is 1.53. The molecule has 0 saturated carbocycles. The van der Waals surface area contributed by atoms with E-state index in [0.29, 0.717) is 6.54 Å². The van der Waals surface area contributed by atoms with Crippen molar-refractivity contribution in [3.8, 4) is 0 Å². The number of nitrogens with two attached hydrogens (primary N) is 1. The molecule has 1 aromatic heterocycles. The maximum Gasteiger partial charge on any atom is 0.165 e. The summed E-state index contributed by atoms with van der Waals surface area (Å²) in [5.74, 6) is 0.924. The minimum absolute atomic E-state index is 0.700. The van der Waals surface area contributed by atoms with E-state index in [1.54, 1.807) is 24.2 Å². The number of rotatable bonds is 3. The first-order valence-electron chi connectivity index (χ1n) is 2.75. The van der Waals surface area contributed by atoms with Crippen molar-refractivity contribution in [3.63, 3.8) is 0 Å². The Morgan fingerprint density at radius 2 is 2.67 bits per heavy atom. The molecule has 3 N–H and O–H groups in total. The summed E-state index contributed by atoms with van der Waals surface area (Å²) in [7, 11) is 0. The normalized spacial score (nSPS) is 9.89. The first-order chi connectivity index (χ1) is 4.43. The molecule has 1 rings (SSSR count).